The molecule has 0 nitrogen and oxygen atoms in total. The lowest BCUT2D eigenvalue weighted by atomic mass is 9.98. The van der Waals surface area contributed by atoms with Crippen molar-refractivity contribution in [2.24, 2.45) is 0 Å². The number of halogens is 3. The Morgan fingerprint density at radius 2 is 1.89 bits per heavy atom. The summed E-state index contributed by atoms with van der Waals surface area (Å²) >= 11 is 13.6. The largest absolute Gasteiger partial charge is 0.0835 e. The minimum Gasteiger partial charge on any atom is -0.0835 e. The van der Waals surface area contributed by atoms with E-state index in [0.29, 0.717) is 0 Å². The fourth-order valence-electron chi connectivity index (χ4n) is 2.09. The molecule has 0 aromatic heterocycles. The molecule has 0 aliphatic rings. The van der Waals surface area contributed by atoms with Crippen LogP contribution in [-0.2, 0) is 6.42 Å². The van der Waals surface area contributed by atoms with Crippen LogP contribution in [0.4, 0.5) is 0 Å². The number of aryl methyl sites for hydroxylation is 2. The smallest absolute Gasteiger partial charge is 0.0591 e. The van der Waals surface area contributed by atoms with E-state index in [1.807, 2.05) is 12.1 Å². The van der Waals surface area contributed by atoms with Crippen molar-refractivity contribution in [1.29, 1.82) is 0 Å². The van der Waals surface area contributed by atoms with E-state index in [1.54, 1.807) is 0 Å². The summed E-state index contributed by atoms with van der Waals surface area (Å²) < 4.78 is 0.942. The predicted octanol–water partition coefficient (Wildman–Crippen LogP) is 6.40. The molecule has 19 heavy (non-hydrogen) atoms. The molecule has 0 radical (unpaired) electrons. The normalized spacial score (nSPS) is 12.5. The van der Waals surface area contributed by atoms with Crippen molar-refractivity contribution >= 4 is 43.5 Å². The lowest BCUT2D eigenvalue weighted by molar-refractivity contribution is 0.935. The zero-order chi connectivity index (χ0) is 14.0. The first kappa shape index (κ1) is 15.1. The van der Waals surface area contributed by atoms with Crippen LogP contribution >= 0.6 is 43.5 Å². The Kier molecular flexibility index (Phi) is 5.10. The van der Waals surface area contributed by atoms with Crippen molar-refractivity contribution < 1.29 is 0 Å². The van der Waals surface area contributed by atoms with Crippen LogP contribution in [0.5, 0.6) is 0 Å². The maximum absolute atomic E-state index is 6.35. The van der Waals surface area contributed by atoms with Gasteiger partial charge in [-0.25, -0.2) is 0 Å². The fraction of sp³-hybridized carbons (Fsp3) is 0.250. The van der Waals surface area contributed by atoms with Crippen LogP contribution in [0.2, 0.25) is 5.02 Å². The van der Waals surface area contributed by atoms with Gasteiger partial charge in [0.1, 0.15) is 0 Å². The van der Waals surface area contributed by atoms with E-state index in [2.05, 4.69) is 70.0 Å². The van der Waals surface area contributed by atoms with Gasteiger partial charge in [0.15, 0.2) is 0 Å². The number of hydrogen-bond donors (Lipinski definition) is 0. The number of hydrogen-bond acceptors (Lipinski definition) is 0. The summed E-state index contributed by atoms with van der Waals surface area (Å²) in [6.45, 7) is 4.27. The van der Waals surface area contributed by atoms with Crippen LogP contribution in [0.25, 0.3) is 0 Å². The molecule has 0 heterocycles. The highest BCUT2D eigenvalue weighted by Crippen LogP contribution is 2.36. The molecule has 0 aliphatic heterocycles. The molecule has 2 aromatic rings. The molecule has 0 N–H and O–H groups in total. The lowest BCUT2D eigenvalue weighted by Gasteiger charge is -2.15. The van der Waals surface area contributed by atoms with Crippen LogP contribution in [0, 0.1) is 13.8 Å². The third-order valence-corrected chi connectivity index (χ3v) is 5.35. The predicted molar refractivity (Wildman–Crippen MR) is 90.4 cm³/mol. The summed E-state index contributed by atoms with van der Waals surface area (Å²) in [4.78, 5) is 0.220. The summed E-state index contributed by atoms with van der Waals surface area (Å²) in [7, 11) is 0. The van der Waals surface area contributed by atoms with E-state index < -0.39 is 0 Å². The van der Waals surface area contributed by atoms with Gasteiger partial charge in [-0.3, -0.25) is 0 Å². The Labute approximate surface area is 136 Å². The van der Waals surface area contributed by atoms with Crippen LogP contribution in [0.1, 0.15) is 27.1 Å². The van der Waals surface area contributed by atoms with Crippen LogP contribution in [0.3, 0.4) is 0 Å². The highest BCUT2D eigenvalue weighted by atomic mass is 79.9. The molecule has 0 saturated heterocycles. The second kappa shape index (κ2) is 6.43. The number of benzene rings is 2. The first-order valence-electron chi connectivity index (χ1n) is 6.13. The minimum absolute atomic E-state index is 0.220. The second-order valence-electron chi connectivity index (χ2n) is 4.74. The SMILES string of the molecule is Cc1ccc(C)c(CC(Br)c2cccc(Br)c2Cl)c1. The molecule has 0 aliphatic carbocycles. The maximum Gasteiger partial charge on any atom is 0.0591 e. The van der Waals surface area contributed by atoms with Crippen molar-refractivity contribution in [1.82, 2.24) is 0 Å². The number of alkyl halides is 1. The van der Waals surface area contributed by atoms with Crippen molar-refractivity contribution in [2.75, 3.05) is 0 Å². The van der Waals surface area contributed by atoms with Crippen molar-refractivity contribution in [3.8, 4) is 0 Å². The summed E-state index contributed by atoms with van der Waals surface area (Å²) in [6.07, 6.45) is 0.934. The quantitative estimate of drug-likeness (QED) is 0.521. The van der Waals surface area contributed by atoms with Gasteiger partial charge in [0.25, 0.3) is 0 Å². The Hall–Kier alpha value is -0.310. The highest BCUT2D eigenvalue weighted by molar-refractivity contribution is 9.10. The van der Waals surface area contributed by atoms with Gasteiger partial charge in [0, 0.05) is 9.30 Å². The molecule has 2 aromatic carbocycles. The molecule has 3 heteroatoms. The molecule has 100 valence electrons. The van der Waals surface area contributed by atoms with Gasteiger partial charge < -0.3 is 0 Å². The monoisotopic (exact) mass is 400 g/mol. The topological polar surface area (TPSA) is 0 Å². The average Bonchev–Trinajstić information content (AvgIpc) is 2.37. The molecule has 0 fully saturated rings. The van der Waals surface area contributed by atoms with E-state index in [0.717, 1.165) is 21.5 Å². The molecular formula is C16H15Br2Cl. The third kappa shape index (κ3) is 3.62. The van der Waals surface area contributed by atoms with Gasteiger partial charge in [-0.1, -0.05) is 63.4 Å². The van der Waals surface area contributed by atoms with E-state index in [9.17, 15) is 0 Å². The van der Waals surface area contributed by atoms with Crippen molar-refractivity contribution in [3.05, 3.63) is 68.1 Å². The standard InChI is InChI=1S/C16H15Br2Cl/c1-10-6-7-11(2)12(8-10)9-15(18)13-4-3-5-14(17)16(13)19/h3-8,15H,9H2,1-2H3. The molecule has 0 spiro atoms. The molecule has 0 amide bonds. The zero-order valence-corrected chi connectivity index (χ0v) is 14.8. The van der Waals surface area contributed by atoms with Crippen LogP contribution in [0.15, 0.2) is 40.9 Å². The molecule has 0 saturated carbocycles. The summed E-state index contributed by atoms with van der Waals surface area (Å²) in [5, 5.41) is 0.787. The van der Waals surface area contributed by atoms with E-state index >= 15 is 0 Å². The van der Waals surface area contributed by atoms with Crippen LogP contribution < -0.4 is 0 Å². The highest BCUT2D eigenvalue weighted by Gasteiger charge is 2.14. The molecular weight excluding hydrogens is 387 g/mol. The minimum atomic E-state index is 0.220. The first-order valence-corrected chi connectivity index (χ1v) is 8.22. The first-order chi connectivity index (χ1) is 8.99. The van der Waals surface area contributed by atoms with Gasteiger partial charge in [0.05, 0.1) is 5.02 Å². The van der Waals surface area contributed by atoms with Crippen LogP contribution in [-0.4, -0.2) is 0 Å². The van der Waals surface area contributed by atoms with E-state index in [4.69, 9.17) is 11.6 Å². The van der Waals surface area contributed by atoms with Gasteiger partial charge >= 0.3 is 0 Å². The number of rotatable bonds is 3. The second-order valence-corrected chi connectivity index (χ2v) is 7.08. The van der Waals surface area contributed by atoms with Gasteiger partial charge in [0.2, 0.25) is 0 Å². The summed E-state index contributed by atoms with van der Waals surface area (Å²) in [5.41, 5.74) is 5.09. The van der Waals surface area contributed by atoms with Gasteiger partial charge in [-0.2, -0.15) is 0 Å². The lowest BCUT2D eigenvalue weighted by Crippen LogP contribution is -1.99. The fourth-order valence-corrected chi connectivity index (χ4v) is 3.59. The zero-order valence-electron chi connectivity index (χ0n) is 10.9. The maximum atomic E-state index is 6.35. The van der Waals surface area contributed by atoms with Gasteiger partial charge in [-0.05, 0) is 59.0 Å². The van der Waals surface area contributed by atoms with Crippen molar-refractivity contribution in [2.45, 2.75) is 25.1 Å². The Bertz CT molecular complexity index is 593. The Morgan fingerprint density at radius 3 is 2.63 bits per heavy atom. The van der Waals surface area contributed by atoms with E-state index in [1.165, 1.54) is 16.7 Å². The van der Waals surface area contributed by atoms with Crippen molar-refractivity contribution in [3.63, 3.8) is 0 Å². The summed E-state index contributed by atoms with van der Waals surface area (Å²) in [6, 6.07) is 12.6. The Morgan fingerprint density at radius 1 is 1.16 bits per heavy atom. The Balaban J connectivity index is 2.28. The average molecular weight is 403 g/mol. The van der Waals surface area contributed by atoms with E-state index in [-0.39, 0.29) is 4.83 Å². The molecule has 1 atom stereocenters. The van der Waals surface area contributed by atoms with Gasteiger partial charge in [-0.15, -0.1) is 0 Å². The molecule has 2 rings (SSSR count). The third-order valence-electron chi connectivity index (χ3n) is 3.22. The molecule has 1 unspecified atom stereocenters. The summed E-state index contributed by atoms with van der Waals surface area (Å²) in [5.74, 6) is 0. The molecule has 0 bridgehead atoms.